The maximum absolute atomic E-state index is 5.89. The average molecular weight is 359 g/mol. The molecule has 2 fully saturated rings. The number of piperidine rings is 1. The van der Waals surface area contributed by atoms with Crippen LogP contribution in [-0.2, 0) is 0 Å². The Balaban J connectivity index is 1.66. The number of nitrogens with one attached hydrogen (secondary N) is 1. The molecule has 0 bridgehead atoms. The molecule has 0 aromatic carbocycles. The van der Waals surface area contributed by atoms with E-state index in [1.165, 1.54) is 38.8 Å². The SMILES string of the molecule is CC(C)(CN)CN=C(Nc1cccnc1)N1CCC(N2CCCC2)CC1. The molecule has 0 saturated carbocycles. The Morgan fingerprint density at radius 3 is 2.62 bits per heavy atom. The molecular formula is C20H34N6. The molecule has 1 aromatic rings. The van der Waals surface area contributed by atoms with Gasteiger partial charge in [-0.2, -0.15) is 0 Å². The maximum atomic E-state index is 5.89. The molecule has 0 amide bonds. The molecular weight excluding hydrogens is 324 g/mol. The van der Waals surface area contributed by atoms with Gasteiger partial charge in [0.05, 0.1) is 11.9 Å². The normalized spacial score (nSPS) is 20.6. The summed E-state index contributed by atoms with van der Waals surface area (Å²) in [6.07, 6.45) is 8.80. The van der Waals surface area contributed by atoms with Crippen molar-refractivity contribution in [1.82, 2.24) is 14.8 Å². The van der Waals surface area contributed by atoms with Crippen LogP contribution < -0.4 is 11.1 Å². The third kappa shape index (κ3) is 5.17. The monoisotopic (exact) mass is 358 g/mol. The molecule has 144 valence electrons. The number of likely N-dealkylation sites (tertiary alicyclic amines) is 2. The fraction of sp³-hybridized carbons (Fsp3) is 0.700. The van der Waals surface area contributed by atoms with Crippen LogP contribution in [0, 0.1) is 5.41 Å². The minimum absolute atomic E-state index is 0.00966. The van der Waals surface area contributed by atoms with Crippen molar-refractivity contribution in [3.8, 4) is 0 Å². The maximum Gasteiger partial charge on any atom is 0.198 e. The summed E-state index contributed by atoms with van der Waals surface area (Å²) in [4.78, 5) is 14.2. The summed E-state index contributed by atoms with van der Waals surface area (Å²) in [7, 11) is 0. The summed E-state index contributed by atoms with van der Waals surface area (Å²) in [5.41, 5.74) is 6.89. The molecule has 0 atom stereocenters. The largest absolute Gasteiger partial charge is 0.343 e. The van der Waals surface area contributed by atoms with Crippen LogP contribution in [0.2, 0.25) is 0 Å². The second kappa shape index (κ2) is 8.82. The molecule has 6 heteroatoms. The molecule has 26 heavy (non-hydrogen) atoms. The number of guanidine groups is 1. The molecule has 0 unspecified atom stereocenters. The summed E-state index contributed by atoms with van der Waals surface area (Å²) < 4.78 is 0. The van der Waals surface area contributed by atoms with Crippen molar-refractivity contribution in [1.29, 1.82) is 0 Å². The molecule has 1 aromatic heterocycles. The van der Waals surface area contributed by atoms with E-state index in [1.54, 1.807) is 6.20 Å². The van der Waals surface area contributed by atoms with E-state index in [0.717, 1.165) is 37.3 Å². The lowest BCUT2D eigenvalue weighted by atomic mass is 9.94. The number of anilines is 1. The van der Waals surface area contributed by atoms with E-state index in [0.29, 0.717) is 6.54 Å². The number of nitrogens with zero attached hydrogens (tertiary/aromatic N) is 4. The van der Waals surface area contributed by atoms with E-state index in [9.17, 15) is 0 Å². The predicted molar refractivity (Wildman–Crippen MR) is 108 cm³/mol. The van der Waals surface area contributed by atoms with Crippen LogP contribution in [0.25, 0.3) is 0 Å². The zero-order valence-electron chi connectivity index (χ0n) is 16.3. The van der Waals surface area contributed by atoms with Crippen LogP contribution in [0.3, 0.4) is 0 Å². The van der Waals surface area contributed by atoms with Gasteiger partial charge in [-0.3, -0.25) is 9.98 Å². The zero-order valence-corrected chi connectivity index (χ0v) is 16.3. The Kier molecular flexibility index (Phi) is 6.48. The van der Waals surface area contributed by atoms with Gasteiger partial charge in [-0.25, -0.2) is 0 Å². The summed E-state index contributed by atoms with van der Waals surface area (Å²) in [5.74, 6) is 0.958. The average Bonchev–Trinajstić information content (AvgIpc) is 3.21. The molecule has 3 N–H and O–H groups in total. The first-order valence-corrected chi connectivity index (χ1v) is 9.98. The summed E-state index contributed by atoms with van der Waals surface area (Å²) in [6.45, 7) is 10.3. The van der Waals surface area contributed by atoms with Crippen LogP contribution in [-0.4, -0.2) is 66.1 Å². The Hall–Kier alpha value is -1.66. The fourth-order valence-corrected chi connectivity index (χ4v) is 3.69. The van der Waals surface area contributed by atoms with E-state index < -0.39 is 0 Å². The highest BCUT2D eigenvalue weighted by atomic mass is 15.3. The molecule has 3 heterocycles. The summed E-state index contributed by atoms with van der Waals surface area (Å²) in [6, 6.07) is 4.73. The van der Waals surface area contributed by atoms with Gasteiger partial charge in [-0.15, -0.1) is 0 Å². The third-order valence-electron chi connectivity index (χ3n) is 5.55. The molecule has 2 aliphatic rings. The first-order valence-electron chi connectivity index (χ1n) is 9.98. The van der Waals surface area contributed by atoms with Crippen molar-refractivity contribution in [2.24, 2.45) is 16.1 Å². The number of rotatable bonds is 5. The minimum Gasteiger partial charge on any atom is -0.343 e. The highest BCUT2D eigenvalue weighted by Crippen LogP contribution is 2.22. The molecule has 6 nitrogen and oxygen atoms in total. The van der Waals surface area contributed by atoms with Gasteiger partial charge in [0.25, 0.3) is 0 Å². The van der Waals surface area contributed by atoms with E-state index in [1.807, 2.05) is 18.3 Å². The van der Waals surface area contributed by atoms with E-state index in [4.69, 9.17) is 10.7 Å². The van der Waals surface area contributed by atoms with Gasteiger partial charge in [-0.1, -0.05) is 13.8 Å². The van der Waals surface area contributed by atoms with Crippen molar-refractivity contribution >= 4 is 11.6 Å². The third-order valence-corrected chi connectivity index (χ3v) is 5.55. The van der Waals surface area contributed by atoms with E-state index >= 15 is 0 Å². The van der Waals surface area contributed by atoms with Crippen LogP contribution in [0.1, 0.15) is 39.5 Å². The van der Waals surface area contributed by atoms with Crippen molar-refractivity contribution in [2.45, 2.75) is 45.6 Å². The lowest BCUT2D eigenvalue weighted by Crippen LogP contribution is -2.48. The Bertz CT molecular complexity index is 571. The van der Waals surface area contributed by atoms with Crippen LogP contribution >= 0.6 is 0 Å². The highest BCUT2D eigenvalue weighted by molar-refractivity contribution is 5.93. The van der Waals surface area contributed by atoms with Crippen molar-refractivity contribution < 1.29 is 0 Å². The number of hydrogen-bond acceptors (Lipinski definition) is 4. The standard InChI is InChI=1S/C20H34N6/c1-20(2,15-21)16-23-19(24-17-6-5-9-22-14-17)26-12-7-18(8-13-26)25-10-3-4-11-25/h5-6,9,14,18H,3-4,7-8,10-13,15-16,21H2,1-2H3,(H,23,24). The number of pyridine rings is 1. The second-order valence-corrected chi connectivity index (χ2v) is 8.34. The molecule has 0 radical (unpaired) electrons. The minimum atomic E-state index is 0.00966. The van der Waals surface area contributed by atoms with E-state index in [-0.39, 0.29) is 5.41 Å². The number of aliphatic imine (C=N–C) groups is 1. The molecule has 3 rings (SSSR count). The first kappa shape index (κ1) is 19.1. The van der Waals surface area contributed by atoms with Crippen molar-refractivity contribution in [3.05, 3.63) is 24.5 Å². The fourth-order valence-electron chi connectivity index (χ4n) is 3.69. The van der Waals surface area contributed by atoms with Gasteiger partial charge in [0.2, 0.25) is 0 Å². The number of nitrogens with two attached hydrogens (primary N) is 1. The molecule has 2 aliphatic heterocycles. The van der Waals surface area contributed by atoms with Crippen molar-refractivity contribution in [2.75, 3.05) is 44.6 Å². The second-order valence-electron chi connectivity index (χ2n) is 8.34. The van der Waals surface area contributed by atoms with Crippen LogP contribution in [0.4, 0.5) is 5.69 Å². The predicted octanol–water partition coefficient (Wildman–Crippen LogP) is 2.39. The van der Waals surface area contributed by atoms with Gasteiger partial charge < -0.3 is 20.9 Å². The smallest absolute Gasteiger partial charge is 0.198 e. The lowest BCUT2D eigenvalue weighted by molar-refractivity contribution is 0.163. The molecule has 2 saturated heterocycles. The highest BCUT2D eigenvalue weighted by Gasteiger charge is 2.28. The van der Waals surface area contributed by atoms with Gasteiger partial charge in [0, 0.05) is 31.9 Å². The van der Waals surface area contributed by atoms with Gasteiger partial charge in [0.15, 0.2) is 5.96 Å². The first-order chi connectivity index (χ1) is 12.6. The Labute approximate surface area is 157 Å². The van der Waals surface area contributed by atoms with Gasteiger partial charge >= 0.3 is 0 Å². The summed E-state index contributed by atoms with van der Waals surface area (Å²) >= 11 is 0. The molecule has 0 aliphatic carbocycles. The molecule has 0 spiro atoms. The zero-order chi connectivity index (χ0) is 18.4. The van der Waals surface area contributed by atoms with Crippen molar-refractivity contribution in [3.63, 3.8) is 0 Å². The van der Waals surface area contributed by atoms with Crippen LogP contribution in [0.15, 0.2) is 29.5 Å². The summed E-state index contributed by atoms with van der Waals surface area (Å²) in [5, 5.41) is 3.49. The number of hydrogen-bond donors (Lipinski definition) is 2. The van der Waals surface area contributed by atoms with Gasteiger partial charge in [-0.05, 0) is 62.9 Å². The topological polar surface area (TPSA) is 69.8 Å². The van der Waals surface area contributed by atoms with Crippen LogP contribution in [0.5, 0.6) is 0 Å². The number of aromatic nitrogens is 1. The Morgan fingerprint density at radius 2 is 2.00 bits per heavy atom. The van der Waals surface area contributed by atoms with Gasteiger partial charge in [0.1, 0.15) is 0 Å². The quantitative estimate of drug-likeness (QED) is 0.625. The lowest BCUT2D eigenvalue weighted by Gasteiger charge is -2.38. The Morgan fingerprint density at radius 1 is 1.27 bits per heavy atom. The van der Waals surface area contributed by atoms with E-state index in [2.05, 4.69) is 33.9 Å².